The Bertz CT molecular complexity index is 827. The van der Waals surface area contributed by atoms with Crippen LogP contribution in [0.25, 0.3) is 10.8 Å². The second-order valence-corrected chi connectivity index (χ2v) is 6.62. The first-order valence-corrected chi connectivity index (χ1v) is 9.20. The van der Waals surface area contributed by atoms with Crippen molar-refractivity contribution in [3.05, 3.63) is 53.9 Å². The number of nitrogens with one attached hydrogen (secondary N) is 1. The van der Waals surface area contributed by atoms with Crippen molar-refractivity contribution in [3.8, 4) is 5.75 Å². The van der Waals surface area contributed by atoms with Crippen molar-refractivity contribution < 1.29 is 9.47 Å². The van der Waals surface area contributed by atoms with Crippen LogP contribution in [0.4, 0.5) is 16.0 Å². The number of hydrogen-bond acceptors (Lipinski definition) is 4. The van der Waals surface area contributed by atoms with E-state index in [1.165, 1.54) is 44.6 Å². The molecular weight excluding hydrogens is 353 g/mol. The van der Waals surface area contributed by atoms with E-state index in [1.54, 1.807) is 42.7 Å². The van der Waals surface area contributed by atoms with Crippen LogP contribution in [0, 0.1) is 0 Å². The van der Waals surface area contributed by atoms with E-state index in [-0.39, 0.29) is 5.75 Å². The van der Waals surface area contributed by atoms with Gasteiger partial charge < -0.3 is 5.32 Å². The second-order valence-electron chi connectivity index (χ2n) is 6.24. The number of benzene rings is 1. The molecule has 4 nitrogen and oxygen atoms in total. The minimum Gasteiger partial charge on any atom is -0.338 e. The van der Waals surface area contributed by atoms with Crippen LogP contribution in [0.1, 0.15) is 38.5 Å². The molecule has 0 spiro atoms. The van der Waals surface area contributed by atoms with E-state index in [4.69, 9.17) is 11.6 Å². The van der Waals surface area contributed by atoms with Gasteiger partial charge in [0.15, 0.2) is 5.75 Å². The maximum absolute atomic E-state index is 12.2. The molecule has 4 rings (SSSR count). The highest BCUT2D eigenvalue weighted by Gasteiger charge is 2.05. The van der Waals surface area contributed by atoms with Crippen LogP contribution in [0.5, 0.6) is 5.75 Å². The summed E-state index contributed by atoms with van der Waals surface area (Å²) in [7, 11) is 0. The zero-order valence-corrected chi connectivity index (χ0v) is 15.2. The molecule has 1 N–H and O–H groups in total. The summed E-state index contributed by atoms with van der Waals surface area (Å²) in [5.41, 5.74) is 0.764. The minimum atomic E-state index is 0.155. The molecule has 0 amide bonds. The monoisotopic (exact) mass is 373 g/mol. The number of rotatable bonds is 3. The van der Waals surface area contributed by atoms with E-state index >= 15 is 0 Å². The third kappa shape index (κ3) is 5.05. The first-order chi connectivity index (χ1) is 12.8. The molecule has 3 aromatic rings. The highest BCUT2D eigenvalue weighted by Crippen LogP contribution is 2.27. The van der Waals surface area contributed by atoms with Gasteiger partial charge in [0.05, 0.1) is 11.9 Å². The maximum atomic E-state index is 12.2. The van der Waals surface area contributed by atoms with Gasteiger partial charge in [-0.25, -0.2) is 9.97 Å². The van der Waals surface area contributed by atoms with Crippen LogP contribution >= 0.6 is 11.6 Å². The molecule has 1 aromatic carbocycles. The molecule has 2 aromatic heterocycles. The summed E-state index contributed by atoms with van der Waals surface area (Å²) in [5, 5.41) is 5.24. The summed E-state index contributed by atoms with van der Waals surface area (Å²) in [6.07, 6.45) is 12.2. The predicted octanol–water partition coefficient (Wildman–Crippen LogP) is 6.63. The van der Waals surface area contributed by atoms with Crippen LogP contribution in [-0.4, -0.2) is 9.97 Å². The minimum absolute atomic E-state index is 0.155. The van der Waals surface area contributed by atoms with Gasteiger partial charge in [0, 0.05) is 16.1 Å². The predicted molar refractivity (Wildman–Crippen MR) is 104 cm³/mol. The molecule has 6 heteroatoms. The molecular formula is C20H21ClFN3O. The quantitative estimate of drug-likeness (QED) is 0.523. The Kier molecular flexibility index (Phi) is 6.61. The van der Waals surface area contributed by atoms with Gasteiger partial charge in [-0.15, -0.1) is 0 Å². The van der Waals surface area contributed by atoms with Crippen molar-refractivity contribution >= 4 is 33.9 Å². The fourth-order valence-corrected chi connectivity index (χ4v) is 3.06. The topological polar surface area (TPSA) is 47.0 Å². The zero-order chi connectivity index (χ0) is 18.2. The standard InChI is InChI=1S/C14H9ClFN3O.C6H12/c15-13-4-1-10(8-18-13)19-14-12-3-2-11(20-16)7-9(12)5-6-17-14;1-2-4-6-5-3-1/h1-8H,(H,17,19);1-6H2. The van der Waals surface area contributed by atoms with E-state index in [0.29, 0.717) is 11.0 Å². The lowest BCUT2D eigenvalue weighted by Crippen LogP contribution is -1.95. The molecule has 0 bridgehead atoms. The van der Waals surface area contributed by atoms with Gasteiger partial charge in [-0.05, 0) is 41.8 Å². The van der Waals surface area contributed by atoms with Crippen molar-refractivity contribution in [2.45, 2.75) is 38.5 Å². The zero-order valence-electron chi connectivity index (χ0n) is 14.4. The number of anilines is 2. The molecule has 1 aliphatic carbocycles. The number of pyridine rings is 2. The third-order valence-corrected chi connectivity index (χ3v) is 4.54. The summed E-state index contributed by atoms with van der Waals surface area (Å²) in [4.78, 5) is 12.0. The summed E-state index contributed by atoms with van der Waals surface area (Å²) in [5.74, 6) is 0.805. The summed E-state index contributed by atoms with van der Waals surface area (Å²) < 4.78 is 12.2. The van der Waals surface area contributed by atoms with Gasteiger partial charge in [-0.2, -0.15) is 0 Å². The number of fused-ring (bicyclic) bond motifs is 1. The van der Waals surface area contributed by atoms with Crippen LogP contribution in [-0.2, 0) is 0 Å². The molecule has 0 radical (unpaired) electrons. The van der Waals surface area contributed by atoms with Crippen molar-refractivity contribution in [1.82, 2.24) is 9.97 Å². The van der Waals surface area contributed by atoms with Crippen molar-refractivity contribution in [3.63, 3.8) is 0 Å². The molecule has 1 saturated carbocycles. The highest BCUT2D eigenvalue weighted by molar-refractivity contribution is 6.29. The Balaban J connectivity index is 0.000000278. The first kappa shape index (κ1) is 18.4. The lowest BCUT2D eigenvalue weighted by molar-refractivity contribution is -0.00603. The fraction of sp³-hybridized carbons (Fsp3) is 0.300. The SMILES string of the molecule is C1CCCCC1.FOc1ccc2c(Nc3ccc(Cl)nc3)nccc2c1. The van der Waals surface area contributed by atoms with Gasteiger partial charge in [0.1, 0.15) is 11.0 Å². The highest BCUT2D eigenvalue weighted by atomic mass is 35.5. The molecule has 0 aliphatic heterocycles. The summed E-state index contributed by atoms with van der Waals surface area (Å²) in [6, 6.07) is 10.1. The first-order valence-electron chi connectivity index (χ1n) is 8.82. The molecule has 1 fully saturated rings. The molecule has 136 valence electrons. The third-order valence-electron chi connectivity index (χ3n) is 4.32. The van der Waals surface area contributed by atoms with Gasteiger partial charge in [0.2, 0.25) is 0 Å². The van der Waals surface area contributed by atoms with E-state index in [2.05, 4.69) is 20.2 Å². The van der Waals surface area contributed by atoms with E-state index in [9.17, 15) is 4.53 Å². The maximum Gasteiger partial charge on any atom is 0.172 e. The average Bonchev–Trinajstić information content (AvgIpc) is 2.71. The van der Waals surface area contributed by atoms with E-state index < -0.39 is 0 Å². The number of aromatic nitrogens is 2. The number of hydrogen-bond donors (Lipinski definition) is 1. The smallest absolute Gasteiger partial charge is 0.172 e. The van der Waals surface area contributed by atoms with Gasteiger partial charge in [-0.3, -0.25) is 4.94 Å². The normalized spacial score (nSPS) is 13.6. The van der Waals surface area contributed by atoms with Gasteiger partial charge in [-0.1, -0.05) is 50.1 Å². The molecule has 2 heterocycles. The van der Waals surface area contributed by atoms with Gasteiger partial charge >= 0.3 is 0 Å². The Morgan fingerprint density at radius 1 is 0.923 bits per heavy atom. The fourth-order valence-electron chi connectivity index (χ4n) is 2.95. The van der Waals surface area contributed by atoms with E-state index in [0.717, 1.165) is 16.5 Å². The molecule has 0 atom stereocenters. The molecule has 0 unspecified atom stereocenters. The lowest BCUT2D eigenvalue weighted by Gasteiger charge is -2.08. The van der Waals surface area contributed by atoms with Crippen LogP contribution < -0.4 is 10.3 Å². The number of halogens is 2. The van der Waals surface area contributed by atoms with E-state index in [1.807, 2.05) is 0 Å². The van der Waals surface area contributed by atoms with Crippen LogP contribution in [0.3, 0.4) is 0 Å². The summed E-state index contributed by atoms with van der Waals surface area (Å²) in [6.45, 7) is 0. The van der Waals surface area contributed by atoms with Crippen LogP contribution in [0.2, 0.25) is 5.15 Å². The van der Waals surface area contributed by atoms with Gasteiger partial charge in [0.25, 0.3) is 0 Å². The lowest BCUT2D eigenvalue weighted by atomic mass is 10.0. The Morgan fingerprint density at radius 2 is 1.65 bits per heavy atom. The van der Waals surface area contributed by atoms with Crippen molar-refractivity contribution in [1.29, 1.82) is 0 Å². The average molecular weight is 374 g/mol. The molecule has 26 heavy (non-hydrogen) atoms. The molecule has 0 saturated heterocycles. The largest absolute Gasteiger partial charge is 0.338 e. The summed E-state index contributed by atoms with van der Waals surface area (Å²) >= 11 is 5.74. The molecule has 1 aliphatic rings. The Morgan fingerprint density at radius 3 is 2.27 bits per heavy atom. The van der Waals surface area contributed by atoms with Crippen molar-refractivity contribution in [2.75, 3.05) is 5.32 Å². The Labute approximate surface area is 157 Å². The Hall–Kier alpha value is -2.40. The van der Waals surface area contributed by atoms with Crippen LogP contribution in [0.15, 0.2) is 48.8 Å². The second kappa shape index (κ2) is 9.34. The van der Waals surface area contributed by atoms with Crippen molar-refractivity contribution in [2.24, 2.45) is 0 Å². The number of nitrogens with zero attached hydrogens (tertiary/aromatic N) is 2.